The lowest BCUT2D eigenvalue weighted by atomic mass is 9.88. The van der Waals surface area contributed by atoms with Gasteiger partial charge < -0.3 is 9.64 Å². The fourth-order valence-corrected chi connectivity index (χ4v) is 2.20. The number of allylic oxidation sites excluding steroid dienone is 1. The van der Waals surface area contributed by atoms with Gasteiger partial charge in [-0.3, -0.25) is 4.79 Å². The Morgan fingerprint density at radius 1 is 1.33 bits per heavy atom. The molecule has 102 valence electrons. The fraction of sp³-hybridized carbons (Fsp3) is 0.714. The third kappa shape index (κ3) is 4.17. The zero-order valence-electron chi connectivity index (χ0n) is 11.7. The summed E-state index contributed by atoms with van der Waals surface area (Å²) in [5, 5.41) is 0. The average Bonchev–Trinajstić information content (AvgIpc) is 2.24. The number of carbonyl (C=O) groups is 2. The van der Waals surface area contributed by atoms with Crippen molar-refractivity contribution in [3.8, 4) is 0 Å². The van der Waals surface area contributed by atoms with Gasteiger partial charge in [0.25, 0.3) is 0 Å². The maximum atomic E-state index is 12.0. The first-order valence-electron chi connectivity index (χ1n) is 6.37. The predicted molar refractivity (Wildman–Crippen MR) is 70.3 cm³/mol. The second-order valence-electron chi connectivity index (χ2n) is 6.03. The Labute approximate surface area is 109 Å². The molecule has 0 spiro atoms. The summed E-state index contributed by atoms with van der Waals surface area (Å²) in [5.74, 6) is 0.175. The van der Waals surface area contributed by atoms with Crippen LogP contribution in [-0.4, -0.2) is 35.5 Å². The number of rotatable bonds is 2. The molecule has 1 aliphatic heterocycles. The van der Waals surface area contributed by atoms with Crippen molar-refractivity contribution < 1.29 is 14.3 Å². The van der Waals surface area contributed by atoms with Gasteiger partial charge in [-0.1, -0.05) is 13.5 Å². The highest BCUT2D eigenvalue weighted by atomic mass is 16.6. The number of hydrogen-bond donors (Lipinski definition) is 0. The van der Waals surface area contributed by atoms with Crippen LogP contribution in [0.5, 0.6) is 0 Å². The Balaban J connectivity index is 2.68. The second-order valence-corrected chi connectivity index (χ2v) is 6.03. The molecule has 0 aliphatic carbocycles. The van der Waals surface area contributed by atoms with E-state index in [-0.39, 0.29) is 17.8 Å². The number of hydrogen-bond acceptors (Lipinski definition) is 3. The Kier molecular flexibility index (Phi) is 4.54. The molecular formula is C14H23NO3. The maximum Gasteiger partial charge on any atom is 0.410 e. The largest absolute Gasteiger partial charge is 0.444 e. The molecule has 0 aromatic heterocycles. The van der Waals surface area contributed by atoms with Crippen molar-refractivity contribution in [3.63, 3.8) is 0 Å². The Hall–Kier alpha value is -1.32. The van der Waals surface area contributed by atoms with Gasteiger partial charge in [0.15, 0.2) is 5.78 Å². The molecule has 1 aliphatic rings. The van der Waals surface area contributed by atoms with E-state index in [1.807, 2.05) is 27.7 Å². The summed E-state index contributed by atoms with van der Waals surface area (Å²) < 4.78 is 5.34. The minimum atomic E-state index is -0.504. The molecule has 1 rings (SSSR count). The first kappa shape index (κ1) is 14.7. The highest BCUT2D eigenvalue weighted by molar-refractivity contribution is 5.91. The van der Waals surface area contributed by atoms with Crippen LogP contribution in [0.25, 0.3) is 0 Å². The quantitative estimate of drug-likeness (QED) is 0.711. The van der Waals surface area contributed by atoms with Crippen LogP contribution in [0.1, 0.15) is 34.1 Å². The minimum Gasteiger partial charge on any atom is -0.444 e. The Morgan fingerprint density at radius 2 is 1.94 bits per heavy atom. The Morgan fingerprint density at radius 3 is 2.44 bits per heavy atom. The molecule has 2 unspecified atom stereocenters. The summed E-state index contributed by atoms with van der Waals surface area (Å²) in [6.07, 6.45) is 1.82. The maximum absolute atomic E-state index is 12.0. The van der Waals surface area contributed by atoms with E-state index in [1.165, 1.54) is 6.08 Å². The third-order valence-electron chi connectivity index (χ3n) is 2.91. The average molecular weight is 253 g/mol. The standard InChI is InChI=1S/C14H23NO3/c1-6-12(16)11-7-10(2)8-15(9-11)13(17)18-14(3,4)5/h6,10-11H,1,7-9H2,2-5H3. The summed E-state index contributed by atoms with van der Waals surface area (Å²) in [5.41, 5.74) is -0.504. The number of nitrogens with zero attached hydrogens (tertiary/aromatic N) is 1. The molecule has 1 amide bonds. The number of piperidine rings is 1. The van der Waals surface area contributed by atoms with E-state index in [4.69, 9.17) is 4.74 Å². The van der Waals surface area contributed by atoms with Crippen LogP contribution in [0.15, 0.2) is 12.7 Å². The van der Waals surface area contributed by atoms with Gasteiger partial charge in [-0.25, -0.2) is 4.79 Å². The molecule has 1 saturated heterocycles. The predicted octanol–water partition coefficient (Wildman–Crippen LogP) is 2.63. The zero-order valence-corrected chi connectivity index (χ0v) is 11.7. The van der Waals surface area contributed by atoms with Gasteiger partial charge in [0.1, 0.15) is 5.60 Å². The van der Waals surface area contributed by atoms with Crippen LogP contribution in [0.3, 0.4) is 0 Å². The van der Waals surface area contributed by atoms with E-state index < -0.39 is 5.60 Å². The van der Waals surface area contributed by atoms with Gasteiger partial charge in [0, 0.05) is 19.0 Å². The molecule has 2 atom stereocenters. The lowest BCUT2D eigenvalue weighted by molar-refractivity contribution is -0.120. The van der Waals surface area contributed by atoms with Crippen molar-refractivity contribution in [2.24, 2.45) is 11.8 Å². The molecule has 0 saturated carbocycles. The van der Waals surface area contributed by atoms with Crippen LogP contribution >= 0.6 is 0 Å². The van der Waals surface area contributed by atoms with Crippen molar-refractivity contribution in [2.45, 2.75) is 39.7 Å². The van der Waals surface area contributed by atoms with Crippen LogP contribution in [-0.2, 0) is 9.53 Å². The van der Waals surface area contributed by atoms with Crippen molar-refractivity contribution in [2.75, 3.05) is 13.1 Å². The number of ether oxygens (including phenoxy) is 1. The van der Waals surface area contributed by atoms with E-state index in [2.05, 4.69) is 6.58 Å². The van der Waals surface area contributed by atoms with Crippen molar-refractivity contribution in [3.05, 3.63) is 12.7 Å². The Bertz CT molecular complexity index is 343. The van der Waals surface area contributed by atoms with Crippen LogP contribution in [0.4, 0.5) is 4.79 Å². The smallest absolute Gasteiger partial charge is 0.410 e. The molecule has 0 N–H and O–H groups in total. The van der Waals surface area contributed by atoms with Crippen molar-refractivity contribution in [1.29, 1.82) is 0 Å². The first-order valence-corrected chi connectivity index (χ1v) is 6.37. The topological polar surface area (TPSA) is 46.6 Å². The van der Waals surface area contributed by atoms with Gasteiger partial charge in [0.05, 0.1) is 0 Å². The van der Waals surface area contributed by atoms with Gasteiger partial charge in [-0.05, 0) is 39.2 Å². The van der Waals surface area contributed by atoms with Gasteiger partial charge in [0.2, 0.25) is 0 Å². The van der Waals surface area contributed by atoms with E-state index in [0.29, 0.717) is 19.0 Å². The molecule has 4 nitrogen and oxygen atoms in total. The molecule has 1 heterocycles. The van der Waals surface area contributed by atoms with E-state index in [0.717, 1.165) is 6.42 Å². The SMILES string of the molecule is C=CC(=O)C1CC(C)CN(C(=O)OC(C)(C)C)C1. The molecule has 0 radical (unpaired) electrons. The number of amides is 1. The fourth-order valence-electron chi connectivity index (χ4n) is 2.20. The van der Waals surface area contributed by atoms with E-state index in [1.54, 1.807) is 4.90 Å². The summed E-state index contributed by atoms with van der Waals surface area (Å²) in [6.45, 7) is 12.1. The van der Waals surface area contributed by atoms with Crippen molar-refractivity contribution in [1.82, 2.24) is 4.90 Å². The van der Waals surface area contributed by atoms with Crippen LogP contribution in [0, 0.1) is 11.8 Å². The van der Waals surface area contributed by atoms with Crippen molar-refractivity contribution >= 4 is 11.9 Å². The zero-order chi connectivity index (χ0) is 13.9. The molecule has 1 fully saturated rings. The normalized spacial score (nSPS) is 24.6. The highest BCUT2D eigenvalue weighted by Crippen LogP contribution is 2.24. The van der Waals surface area contributed by atoms with E-state index >= 15 is 0 Å². The highest BCUT2D eigenvalue weighted by Gasteiger charge is 2.32. The molecule has 18 heavy (non-hydrogen) atoms. The number of carbonyl (C=O) groups excluding carboxylic acids is 2. The second kappa shape index (κ2) is 5.55. The molecule has 0 aromatic carbocycles. The minimum absolute atomic E-state index is 0.00936. The van der Waals surface area contributed by atoms with Crippen LogP contribution < -0.4 is 0 Å². The van der Waals surface area contributed by atoms with E-state index in [9.17, 15) is 9.59 Å². The lowest BCUT2D eigenvalue weighted by Gasteiger charge is -2.36. The van der Waals surface area contributed by atoms with Crippen LogP contribution in [0.2, 0.25) is 0 Å². The molecule has 4 heteroatoms. The molecular weight excluding hydrogens is 230 g/mol. The first-order chi connectivity index (χ1) is 8.23. The van der Waals surface area contributed by atoms with Gasteiger partial charge in [-0.2, -0.15) is 0 Å². The molecule has 0 aromatic rings. The lowest BCUT2D eigenvalue weighted by Crippen LogP contribution is -2.47. The summed E-state index contributed by atoms with van der Waals surface area (Å²) in [4.78, 5) is 25.3. The third-order valence-corrected chi connectivity index (χ3v) is 2.91. The summed E-state index contributed by atoms with van der Waals surface area (Å²) >= 11 is 0. The number of likely N-dealkylation sites (tertiary alicyclic amines) is 1. The summed E-state index contributed by atoms with van der Waals surface area (Å²) in [7, 11) is 0. The number of ketones is 1. The summed E-state index contributed by atoms with van der Waals surface area (Å²) in [6, 6.07) is 0. The molecule has 0 bridgehead atoms. The van der Waals surface area contributed by atoms with Gasteiger partial charge in [-0.15, -0.1) is 0 Å². The van der Waals surface area contributed by atoms with Gasteiger partial charge >= 0.3 is 6.09 Å². The monoisotopic (exact) mass is 253 g/mol.